The third-order valence-corrected chi connectivity index (χ3v) is 2.79. The van der Waals surface area contributed by atoms with Crippen LogP contribution in [0.15, 0.2) is 48.5 Å². The summed E-state index contributed by atoms with van der Waals surface area (Å²) in [7, 11) is 0. The van der Waals surface area contributed by atoms with E-state index in [2.05, 4.69) is 5.32 Å². The van der Waals surface area contributed by atoms with E-state index in [1.807, 2.05) is 24.3 Å². The van der Waals surface area contributed by atoms with Gasteiger partial charge in [-0.25, -0.2) is 0 Å². The van der Waals surface area contributed by atoms with Crippen molar-refractivity contribution in [3.63, 3.8) is 0 Å². The zero-order chi connectivity index (χ0) is 13.7. The summed E-state index contributed by atoms with van der Waals surface area (Å²) in [5.41, 5.74) is 8.01. The maximum absolute atomic E-state index is 11.9. The zero-order valence-corrected chi connectivity index (χ0v) is 10.5. The number of phenols is 1. The Kier molecular flexibility index (Phi) is 4.15. The quantitative estimate of drug-likeness (QED) is 0.783. The summed E-state index contributed by atoms with van der Waals surface area (Å²) < 4.78 is 0. The van der Waals surface area contributed by atoms with Crippen LogP contribution in [-0.2, 0) is 17.8 Å². The fourth-order valence-corrected chi connectivity index (χ4v) is 1.87. The van der Waals surface area contributed by atoms with E-state index in [0.29, 0.717) is 6.54 Å². The average Bonchev–Trinajstić information content (AvgIpc) is 2.39. The molecule has 4 N–H and O–H groups in total. The normalized spacial score (nSPS) is 10.2. The molecule has 0 atom stereocenters. The Morgan fingerprint density at radius 3 is 2.68 bits per heavy atom. The van der Waals surface area contributed by atoms with E-state index in [1.54, 1.807) is 24.3 Å². The minimum absolute atomic E-state index is 0.133. The van der Waals surface area contributed by atoms with Crippen molar-refractivity contribution < 1.29 is 9.90 Å². The number of phenolic OH excluding ortho intramolecular Hbond substituents is 1. The van der Waals surface area contributed by atoms with Gasteiger partial charge in [0.15, 0.2) is 0 Å². The van der Waals surface area contributed by atoms with Crippen molar-refractivity contribution in [3.05, 3.63) is 59.7 Å². The molecule has 4 nitrogen and oxygen atoms in total. The van der Waals surface area contributed by atoms with Gasteiger partial charge < -0.3 is 16.2 Å². The van der Waals surface area contributed by atoms with Gasteiger partial charge in [0.1, 0.15) is 5.75 Å². The van der Waals surface area contributed by atoms with Crippen molar-refractivity contribution in [1.29, 1.82) is 0 Å². The number of amides is 1. The fourth-order valence-electron chi connectivity index (χ4n) is 1.87. The highest BCUT2D eigenvalue weighted by molar-refractivity contribution is 5.93. The lowest BCUT2D eigenvalue weighted by Gasteiger charge is -2.09. The van der Waals surface area contributed by atoms with Crippen molar-refractivity contribution in [1.82, 2.24) is 0 Å². The second-order valence-corrected chi connectivity index (χ2v) is 4.26. The summed E-state index contributed by atoms with van der Waals surface area (Å²) >= 11 is 0. The molecular formula is C15H16N2O2. The monoisotopic (exact) mass is 256 g/mol. The molecule has 0 saturated carbocycles. The fraction of sp³-hybridized carbons (Fsp3) is 0.133. The van der Waals surface area contributed by atoms with Crippen molar-refractivity contribution in [3.8, 4) is 5.75 Å². The third-order valence-electron chi connectivity index (χ3n) is 2.79. The van der Waals surface area contributed by atoms with Gasteiger partial charge in [0, 0.05) is 12.2 Å². The zero-order valence-electron chi connectivity index (χ0n) is 10.5. The smallest absolute Gasteiger partial charge is 0.228 e. The molecule has 0 aliphatic rings. The Morgan fingerprint density at radius 2 is 1.95 bits per heavy atom. The molecule has 1 amide bonds. The maximum Gasteiger partial charge on any atom is 0.228 e. The van der Waals surface area contributed by atoms with Gasteiger partial charge in [-0.3, -0.25) is 4.79 Å². The number of carbonyl (C=O) groups is 1. The highest BCUT2D eigenvalue weighted by Crippen LogP contribution is 2.16. The van der Waals surface area contributed by atoms with E-state index >= 15 is 0 Å². The summed E-state index contributed by atoms with van der Waals surface area (Å²) in [6.07, 6.45) is 0.216. The first-order valence-electron chi connectivity index (χ1n) is 6.05. The van der Waals surface area contributed by atoms with Crippen LogP contribution in [0.4, 0.5) is 5.69 Å². The predicted molar refractivity (Wildman–Crippen MR) is 74.8 cm³/mol. The molecule has 0 saturated heterocycles. The third kappa shape index (κ3) is 3.56. The summed E-state index contributed by atoms with van der Waals surface area (Å²) in [5.74, 6) is 0.0270. The lowest BCUT2D eigenvalue weighted by Crippen LogP contribution is -2.16. The Hall–Kier alpha value is -2.33. The molecule has 0 heterocycles. The van der Waals surface area contributed by atoms with Crippen molar-refractivity contribution in [2.75, 3.05) is 5.32 Å². The summed E-state index contributed by atoms with van der Waals surface area (Å²) in [6, 6.07) is 14.1. The largest absolute Gasteiger partial charge is 0.508 e. The summed E-state index contributed by atoms with van der Waals surface area (Å²) in [6.45, 7) is 0.378. The molecule has 2 aromatic rings. The predicted octanol–water partition coefficient (Wildman–Crippen LogP) is 2.03. The van der Waals surface area contributed by atoms with Crippen LogP contribution in [0.3, 0.4) is 0 Å². The van der Waals surface area contributed by atoms with Gasteiger partial charge in [0.05, 0.1) is 6.42 Å². The topological polar surface area (TPSA) is 75.3 Å². The molecule has 0 fully saturated rings. The number of anilines is 1. The molecule has 2 aromatic carbocycles. The van der Waals surface area contributed by atoms with E-state index in [9.17, 15) is 9.90 Å². The van der Waals surface area contributed by atoms with Crippen LogP contribution in [0.1, 0.15) is 11.1 Å². The summed E-state index contributed by atoms with van der Waals surface area (Å²) in [4.78, 5) is 11.9. The van der Waals surface area contributed by atoms with Gasteiger partial charge in [-0.2, -0.15) is 0 Å². The molecule has 4 heteroatoms. The minimum atomic E-state index is -0.133. The molecule has 0 unspecified atom stereocenters. The van der Waals surface area contributed by atoms with Gasteiger partial charge >= 0.3 is 0 Å². The second kappa shape index (κ2) is 6.02. The van der Waals surface area contributed by atoms with Crippen molar-refractivity contribution in [2.45, 2.75) is 13.0 Å². The Bertz CT molecular complexity index is 582. The number of aromatic hydroxyl groups is 1. The Morgan fingerprint density at radius 1 is 1.16 bits per heavy atom. The number of carbonyl (C=O) groups excluding carboxylic acids is 1. The van der Waals surface area contributed by atoms with E-state index in [0.717, 1.165) is 16.8 Å². The maximum atomic E-state index is 11.9. The number of para-hydroxylation sites is 1. The van der Waals surface area contributed by atoms with Gasteiger partial charge in [-0.1, -0.05) is 30.3 Å². The number of benzene rings is 2. The molecule has 0 bridgehead atoms. The molecule has 0 spiro atoms. The summed E-state index contributed by atoms with van der Waals surface area (Å²) in [5, 5.41) is 12.2. The number of nitrogens with two attached hydrogens (primary N) is 1. The first-order chi connectivity index (χ1) is 9.19. The van der Waals surface area contributed by atoms with E-state index in [4.69, 9.17) is 5.73 Å². The van der Waals surface area contributed by atoms with Crippen molar-refractivity contribution >= 4 is 11.6 Å². The number of nitrogens with one attached hydrogen (secondary N) is 1. The lowest BCUT2D eigenvalue weighted by molar-refractivity contribution is -0.115. The van der Waals surface area contributed by atoms with Crippen LogP contribution in [0.5, 0.6) is 5.75 Å². The Balaban J connectivity index is 2.05. The molecule has 98 valence electrons. The highest BCUT2D eigenvalue weighted by Gasteiger charge is 2.07. The van der Waals surface area contributed by atoms with Gasteiger partial charge in [-0.15, -0.1) is 0 Å². The molecule has 0 radical (unpaired) electrons. The number of hydrogen-bond acceptors (Lipinski definition) is 3. The van der Waals surface area contributed by atoms with Crippen LogP contribution in [0.25, 0.3) is 0 Å². The van der Waals surface area contributed by atoms with Gasteiger partial charge in [-0.05, 0) is 29.3 Å². The van der Waals surface area contributed by atoms with E-state index < -0.39 is 0 Å². The van der Waals surface area contributed by atoms with E-state index in [-0.39, 0.29) is 18.1 Å². The minimum Gasteiger partial charge on any atom is -0.508 e. The first kappa shape index (κ1) is 13.1. The van der Waals surface area contributed by atoms with Crippen LogP contribution in [0, 0.1) is 0 Å². The van der Waals surface area contributed by atoms with E-state index in [1.165, 1.54) is 0 Å². The van der Waals surface area contributed by atoms with Crippen molar-refractivity contribution in [2.24, 2.45) is 5.73 Å². The second-order valence-electron chi connectivity index (χ2n) is 4.26. The van der Waals surface area contributed by atoms with Gasteiger partial charge in [0.25, 0.3) is 0 Å². The molecule has 19 heavy (non-hydrogen) atoms. The van der Waals surface area contributed by atoms with Crippen LogP contribution in [0.2, 0.25) is 0 Å². The average molecular weight is 256 g/mol. The molecule has 0 aliphatic heterocycles. The number of hydrogen-bond donors (Lipinski definition) is 3. The molecule has 0 aromatic heterocycles. The van der Waals surface area contributed by atoms with Crippen LogP contribution < -0.4 is 11.1 Å². The first-order valence-corrected chi connectivity index (χ1v) is 6.05. The lowest BCUT2D eigenvalue weighted by atomic mass is 10.1. The number of rotatable bonds is 4. The Labute approximate surface area is 111 Å². The van der Waals surface area contributed by atoms with Gasteiger partial charge in [0.2, 0.25) is 5.91 Å². The SMILES string of the molecule is NCc1ccccc1NC(=O)Cc1cccc(O)c1. The van der Waals surface area contributed by atoms with Crippen LogP contribution >= 0.6 is 0 Å². The molecule has 0 aliphatic carbocycles. The van der Waals surface area contributed by atoms with Crippen LogP contribution in [-0.4, -0.2) is 11.0 Å². The molecular weight excluding hydrogens is 240 g/mol. The standard InChI is InChI=1S/C15H16N2O2/c16-10-12-5-1-2-7-14(12)17-15(19)9-11-4-3-6-13(18)8-11/h1-8,18H,9-10,16H2,(H,17,19). The highest BCUT2D eigenvalue weighted by atomic mass is 16.3. The molecule has 2 rings (SSSR count).